The highest BCUT2D eigenvalue weighted by molar-refractivity contribution is 5.80. The second-order valence-corrected chi connectivity index (χ2v) is 6.12. The quantitative estimate of drug-likeness (QED) is 0.772. The number of carbonyl (C=O) groups excluding carboxylic acids is 1. The number of aromatic nitrogens is 1. The number of rotatable bonds is 5. The van der Waals surface area contributed by atoms with Gasteiger partial charge < -0.3 is 9.84 Å². The Kier molecular flexibility index (Phi) is 3.87. The van der Waals surface area contributed by atoms with E-state index in [2.05, 4.69) is 34.7 Å². The van der Waals surface area contributed by atoms with Crippen molar-refractivity contribution < 1.29 is 9.32 Å². The number of nitrogens with zero attached hydrogens (tertiary/aromatic N) is 1. The summed E-state index contributed by atoms with van der Waals surface area (Å²) in [7, 11) is 0. The maximum Gasteiger partial charge on any atom is 0.223 e. The van der Waals surface area contributed by atoms with Crippen LogP contribution in [0.25, 0.3) is 22.5 Å². The van der Waals surface area contributed by atoms with E-state index in [1.165, 1.54) is 5.56 Å². The molecule has 0 spiro atoms. The highest BCUT2D eigenvalue weighted by Crippen LogP contribution is 2.29. The van der Waals surface area contributed by atoms with Gasteiger partial charge in [0.15, 0.2) is 5.76 Å². The van der Waals surface area contributed by atoms with E-state index in [0.717, 1.165) is 29.7 Å². The molecule has 1 amide bonds. The molecule has 3 aromatic rings. The summed E-state index contributed by atoms with van der Waals surface area (Å²) >= 11 is 0. The zero-order valence-electron chi connectivity index (χ0n) is 13.2. The Morgan fingerprint density at radius 2 is 1.67 bits per heavy atom. The van der Waals surface area contributed by atoms with E-state index in [9.17, 15) is 4.79 Å². The summed E-state index contributed by atoms with van der Waals surface area (Å²) in [5.41, 5.74) is 4.06. The number of hydrogen-bond donors (Lipinski definition) is 1. The minimum atomic E-state index is 0.117. The van der Waals surface area contributed by atoms with E-state index >= 15 is 0 Å². The van der Waals surface area contributed by atoms with Crippen LogP contribution < -0.4 is 5.32 Å². The zero-order valence-corrected chi connectivity index (χ0v) is 13.2. The Morgan fingerprint density at radius 3 is 2.38 bits per heavy atom. The molecule has 24 heavy (non-hydrogen) atoms. The SMILES string of the molecule is O=C(NCc1cc(-c2ccc(-c3ccccc3)cc2)on1)C1CC1. The number of benzene rings is 2. The Hall–Kier alpha value is -2.88. The summed E-state index contributed by atoms with van der Waals surface area (Å²) in [4.78, 5) is 11.7. The molecule has 0 unspecified atom stereocenters. The van der Waals surface area contributed by atoms with Gasteiger partial charge in [0.25, 0.3) is 0 Å². The number of carbonyl (C=O) groups is 1. The molecule has 1 saturated carbocycles. The van der Waals surface area contributed by atoms with Gasteiger partial charge in [0.2, 0.25) is 5.91 Å². The summed E-state index contributed by atoms with van der Waals surface area (Å²) in [6, 6.07) is 20.3. The first-order valence-corrected chi connectivity index (χ1v) is 8.19. The average molecular weight is 318 g/mol. The zero-order chi connectivity index (χ0) is 16.4. The Morgan fingerprint density at radius 1 is 1.00 bits per heavy atom. The van der Waals surface area contributed by atoms with Crippen LogP contribution in [0.4, 0.5) is 0 Å². The fourth-order valence-electron chi connectivity index (χ4n) is 2.66. The van der Waals surface area contributed by atoms with E-state index in [-0.39, 0.29) is 11.8 Å². The highest BCUT2D eigenvalue weighted by atomic mass is 16.5. The van der Waals surface area contributed by atoms with Gasteiger partial charge in [-0.2, -0.15) is 0 Å². The third kappa shape index (κ3) is 3.23. The third-order valence-electron chi connectivity index (χ3n) is 4.23. The molecule has 1 aliphatic carbocycles. The maximum atomic E-state index is 11.7. The molecule has 1 aliphatic rings. The Bertz CT molecular complexity index is 834. The van der Waals surface area contributed by atoms with Gasteiger partial charge in [-0.1, -0.05) is 59.8 Å². The highest BCUT2D eigenvalue weighted by Gasteiger charge is 2.29. The standard InChI is InChI=1S/C20H18N2O2/c23-20(17-10-11-17)21-13-18-12-19(24-22-18)16-8-6-15(7-9-16)14-4-2-1-3-5-14/h1-9,12,17H,10-11,13H2,(H,21,23). The molecule has 1 N–H and O–H groups in total. The second-order valence-electron chi connectivity index (χ2n) is 6.12. The second kappa shape index (κ2) is 6.32. The first kappa shape index (κ1) is 14.7. The molecule has 0 saturated heterocycles. The monoisotopic (exact) mass is 318 g/mol. The molecule has 1 heterocycles. The summed E-state index contributed by atoms with van der Waals surface area (Å²) in [5.74, 6) is 1.04. The van der Waals surface area contributed by atoms with Crippen LogP contribution in [0.2, 0.25) is 0 Å². The van der Waals surface area contributed by atoms with Crippen LogP contribution in [0, 0.1) is 5.92 Å². The van der Waals surface area contributed by atoms with E-state index in [0.29, 0.717) is 12.3 Å². The van der Waals surface area contributed by atoms with Crippen LogP contribution in [-0.2, 0) is 11.3 Å². The van der Waals surface area contributed by atoms with Gasteiger partial charge in [0.1, 0.15) is 5.69 Å². The minimum absolute atomic E-state index is 0.117. The first-order chi connectivity index (χ1) is 11.8. The Balaban J connectivity index is 1.45. The molecule has 4 heteroatoms. The van der Waals surface area contributed by atoms with Gasteiger partial charge >= 0.3 is 0 Å². The van der Waals surface area contributed by atoms with Gasteiger partial charge in [0, 0.05) is 17.5 Å². The van der Waals surface area contributed by atoms with Crippen molar-refractivity contribution in [1.29, 1.82) is 0 Å². The van der Waals surface area contributed by atoms with Gasteiger partial charge in [0.05, 0.1) is 6.54 Å². The lowest BCUT2D eigenvalue weighted by atomic mass is 10.0. The summed E-state index contributed by atoms with van der Waals surface area (Å²) in [6.07, 6.45) is 2.01. The van der Waals surface area contributed by atoms with Crippen LogP contribution in [-0.4, -0.2) is 11.1 Å². The smallest absolute Gasteiger partial charge is 0.223 e. The number of hydrogen-bond acceptors (Lipinski definition) is 3. The molecule has 2 aromatic carbocycles. The minimum Gasteiger partial charge on any atom is -0.356 e. The van der Waals surface area contributed by atoms with Crippen molar-refractivity contribution in [3.05, 3.63) is 66.4 Å². The van der Waals surface area contributed by atoms with Crippen LogP contribution in [0.15, 0.2) is 65.2 Å². The number of amides is 1. The van der Waals surface area contributed by atoms with E-state index in [4.69, 9.17) is 4.52 Å². The maximum absolute atomic E-state index is 11.7. The summed E-state index contributed by atoms with van der Waals surface area (Å²) in [5, 5.41) is 6.93. The molecule has 0 aliphatic heterocycles. The van der Waals surface area contributed by atoms with Crippen molar-refractivity contribution in [2.24, 2.45) is 5.92 Å². The topological polar surface area (TPSA) is 55.1 Å². The molecule has 4 nitrogen and oxygen atoms in total. The van der Waals surface area contributed by atoms with E-state index < -0.39 is 0 Å². The van der Waals surface area contributed by atoms with E-state index in [1.54, 1.807) is 0 Å². The van der Waals surface area contributed by atoms with Gasteiger partial charge in [-0.05, 0) is 24.0 Å². The molecule has 0 radical (unpaired) electrons. The Labute approximate surface area is 140 Å². The van der Waals surface area contributed by atoms with Crippen molar-refractivity contribution >= 4 is 5.91 Å². The summed E-state index contributed by atoms with van der Waals surface area (Å²) < 4.78 is 5.40. The van der Waals surface area contributed by atoms with Crippen molar-refractivity contribution in [1.82, 2.24) is 10.5 Å². The lowest BCUT2D eigenvalue weighted by Crippen LogP contribution is -2.24. The van der Waals surface area contributed by atoms with Crippen LogP contribution in [0.3, 0.4) is 0 Å². The molecule has 0 atom stereocenters. The number of nitrogens with one attached hydrogen (secondary N) is 1. The molecular weight excluding hydrogens is 300 g/mol. The lowest BCUT2D eigenvalue weighted by Gasteiger charge is -2.02. The average Bonchev–Trinajstić information content (AvgIpc) is 3.39. The predicted octanol–water partition coefficient (Wildman–Crippen LogP) is 4.03. The van der Waals surface area contributed by atoms with Crippen molar-refractivity contribution in [2.75, 3.05) is 0 Å². The van der Waals surface area contributed by atoms with Crippen LogP contribution in [0.1, 0.15) is 18.5 Å². The van der Waals surface area contributed by atoms with Crippen molar-refractivity contribution in [3.63, 3.8) is 0 Å². The first-order valence-electron chi connectivity index (χ1n) is 8.19. The van der Waals surface area contributed by atoms with Gasteiger partial charge in [-0.3, -0.25) is 4.79 Å². The van der Waals surface area contributed by atoms with Gasteiger partial charge in [-0.25, -0.2) is 0 Å². The predicted molar refractivity (Wildman–Crippen MR) is 91.9 cm³/mol. The molecular formula is C20H18N2O2. The molecule has 1 fully saturated rings. The molecule has 4 rings (SSSR count). The lowest BCUT2D eigenvalue weighted by molar-refractivity contribution is -0.122. The molecule has 1 aromatic heterocycles. The van der Waals surface area contributed by atoms with Crippen LogP contribution >= 0.6 is 0 Å². The van der Waals surface area contributed by atoms with Crippen molar-refractivity contribution in [2.45, 2.75) is 19.4 Å². The van der Waals surface area contributed by atoms with Crippen LogP contribution in [0.5, 0.6) is 0 Å². The molecule has 0 bridgehead atoms. The summed E-state index contributed by atoms with van der Waals surface area (Å²) in [6.45, 7) is 0.418. The largest absolute Gasteiger partial charge is 0.356 e. The molecule has 120 valence electrons. The fraction of sp³-hybridized carbons (Fsp3) is 0.200. The van der Waals surface area contributed by atoms with Crippen molar-refractivity contribution in [3.8, 4) is 22.5 Å². The fourth-order valence-corrected chi connectivity index (χ4v) is 2.66. The van der Waals surface area contributed by atoms with Gasteiger partial charge in [-0.15, -0.1) is 0 Å². The normalized spacial score (nSPS) is 13.7. The third-order valence-corrected chi connectivity index (χ3v) is 4.23. The van der Waals surface area contributed by atoms with E-state index in [1.807, 2.05) is 36.4 Å².